The molecule has 0 spiro atoms. The highest BCUT2D eigenvalue weighted by Gasteiger charge is 2.33. The van der Waals surface area contributed by atoms with E-state index in [0.717, 1.165) is 17.0 Å². The van der Waals surface area contributed by atoms with Crippen molar-refractivity contribution >= 4 is 46.1 Å². The lowest BCUT2D eigenvalue weighted by Crippen LogP contribution is -2.39. The Morgan fingerprint density at radius 3 is 2.51 bits per heavy atom. The third-order valence-electron chi connectivity index (χ3n) is 6.09. The van der Waals surface area contributed by atoms with E-state index in [4.69, 9.17) is 9.47 Å². The van der Waals surface area contributed by atoms with Gasteiger partial charge in [-0.3, -0.25) is 29.6 Å². The maximum atomic E-state index is 13.6. The molecule has 5 rings (SSSR count). The number of aromatic nitrogens is 1. The quantitative estimate of drug-likeness (QED) is 0.165. The van der Waals surface area contributed by atoms with Crippen LogP contribution in [0.25, 0.3) is 6.08 Å². The number of ether oxygens (including phenoxy) is 2. The van der Waals surface area contributed by atoms with Gasteiger partial charge in [-0.1, -0.05) is 29.5 Å². The largest absolute Gasteiger partial charge is 0.463 e. The van der Waals surface area contributed by atoms with Gasteiger partial charge in [0.05, 0.1) is 38.3 Å². The Labute approximate surface area is 239 Å². The second kappa shape index (κ2) is 11.3. The molecule has 12 nitrogen and oxygen atoms in total. The molecule has 0 saturated heterocycles. The monoisotopic (exact) mass is 592 g/mol. The SMILES string of the molecule is CCOC(=O)C1=C(C)N=c2s/c(=C\c3ccc(Oc4ccc([N+](=O)[O-])cc4[N+](=O)[O-])cc3)c(=O)n2[C@@H]1c1cccs1. The van der Waals surface area contributed by atoms with E-state index in [9.17, 15) is 29.8 Å². The fraction of sp³-hybridized carbons (Fsp3) is 0.148. The summed E-state index contributed by atoms with van der Waals surface area (Å²) in [5.41, 5.74) is 0.165. The van der Waals surface area contributed by atoms with Crippen LogP contribution in [0.4, 0.5) is 11.4 Å². The van der Waals surface area contributed by atoms with Gasteiger partial charge in [-0.25, -0.2) is 9.79 Å². The number of nitro benzene ring substituents is 2. The number of thiophene rings is 1. The normalized spacial score (nSPS) is 14.8. The van der Waals surface area contributed by atoms with E-state index < -0.39 is 33.2 Å². The molecule has 41 heavy (non-hydrogen) atoms. The molecule has 1 aliphatic rings. The molecule has 0 radical (unpaired) electrons. The average Bonchev–Trinajstić information content (AvgIpc) is 3.57. The number of nitrogens with zero attached hydrogens (tertiary/aromatic N) is 4. The van der Waals surface area contributed by atoms with Gasteiger partial charge in [0, 0.05) is 10.9 Å². The van der Waals surface area contributed by atoms with Gasteiger partial charge in [-0.2, -0.15) is 0 Å². The van der Waals surface area contributed by atoms with Crippen molar-refractivity contribution in [1.82, 2.24) is 4.57 Å². The van der Waals surface area contributed by atoms with Crippen molar-refractivity contribution in [1.29, 1.82) is 0 Å². The molecule has 0 amide bonds. The fourth-order valence-electron chi connectivity index (χ4n) is 4.27. The van der Waals surface area contributed by atoms with Crippen LogP contribution in [0.2, 0.25) is 0 Å². The van der Waals surface area contributed by atoms with Crippen molar-refractivity contribution in [2.75, 3.05) is 6.61 Å². The fourth-order valence-corrected chi connectivity index (χ4v) is 6.14. The van der Waals surface area contributed by atoms with E-state index in [-0.39, 0.29) is 23.7 Å². The molecule has 2 aromatic heterocycles. The van der Waals surface area contributed by atoms with Crippen LogP contribution >= 0.6 is 22.7 Å². The number of carbonyl (C=O) groups is 1. The second-order valence-corrected chi connectivity index (χ2v) is 10.6. The molecule has 2 aromatic carbocycles. The molecule has 0 unspecified atom stereocenters. The summed E-state index contributed by atoms with van der Waals surface area (Å²) >= 11 is 2.61. The van der Waals surface area contributed by atoms with Gasteiger partial charge in [0.2, 0.25) is 5.75 Å². The maximum Gasteiger partial charge on any atom is 0.338 e. The maximum absolute atomic E-state index is 13.6. The number of thiazole rings is 1. The number of benzene rings is 2. The van der Waals surface area contributed by atoms with Gasteiger partial charge in [0.25, 0.3) is 11.2 Å². The summed E-state index contributed by atoms with van der Waals surface area (Å²) in [6.07, 6.45) is 1.68. The third kappa shape index (κ3) is 5.42. The summed E-state index contributed by atoms with van der Waals surface area (Å²) in [7, 11) is 0. The highest BCUT2D eigenvalue weighted by atomic mass is 32.1. The molecule has 1 aliphatic heterocycles. The van der Waals surface area contributed by atoms with Crippen molar-refractivity contribution in [3.05, 3.63) is 122 Å². The lowest BCUT2D eigenvalue weighted by atomic mass is 10.0. The van der Waals surface area contributed by atoms with Crippen LogP contribution in [-0.4, -0.2) is 27.0 Å². The van der Waals surface area contributed by atoms with E-state index in [1.54, 1.807) is 44.2 Å². The van der Waals surface area contributed by atoms with Crippen LogP contribution in [0.1, 0.15) is 30.3 Å². The van der Waals surface area contributed by atoms with Crippen molar-refractivity contribution in [3.8, 4) is 11.5 Å². The number of non-ortho nitro benzene ring substituents is 1. The summed E-state index contributed by atoms with van der Waals surface area (Å²) < 4.78 is 12.8. The molecule has 0 aliphatic carbocycles. The summed E-state index contributed by atoms with van der Waals surface area (Å²) in [4.78, 5) is 53.2. The first-order chi connectivity index (χ1) is 19.7. The molecular weight excluding hydrogens is 572 g/mol. The number of fused-ring (bicyclic) bond motifs is 1. The smallest absolute Gasteiger partial charge is 0.338 e. The predicted molar refractivity (Wildman–Crippen MR) is 151 cm³/mol. The van der Waals surface area contributed by atoms with E-state index in [1.165, 1.54) is 33.3 Å². The van der Waals surface area contributed by atoms with Crippen LogP contribution in [0.5, 0.6) is 11.5 Å². The van der Waals surface area contributed by atoms with Gasteiger partial charge < -0.3 is 9.47 Å². The van der Waals surface area contributed by atoms with Crippen LogP contribution in [0, 0.1) is 20.2 Å². The zero-order chi connectivity index (χ0) is 29.3. The molecule has 0 fully saturated rings. The zero-order valence-electron chi connectivity index (χ0n) is 21.5. The average molecular weight is 593 g/mol. The van der Waals surface area contributed by atoms with E-state index >= 15 is 0 Å². The van der Waals surface area contributed by atoms with Crippen LogP contribution < -0.4 is 19.6 Å². The summed E-state index contributed by atoms with van der Waals surface area (Å²) in [5, 5.41) is 24.2. The third-order valence-corrected chi connectivity index (χ3v) is 7.99. The van der Waals surface area contributed by atoms with Crippen LogP contribution in [0.15, 0.2) is 81.0 Å². The minimum Gasteiger partial charge on any atom is -0.463 e. The second-order valence-electron chi connectivity index (χ2n) is 8.66. The first kappa shape index (κ1) is 27.6. The number of nitro groups is 2. The molecule has 3 heterocycles. The summed E-state index contributed by atoms with van der Waals surface area (Å²) in [6, 6.07) is 12.6. The Morgan fingerprint density at radius 1 is 1.12 bits per heavy atom. The van der Waals surface area contributed by atoms with Gasteiger partial charge in [0.15, 0.2) is 4.80 Å². The zero-order valence-corrected chi connectivity index (χ0v) is 23.1. The first-order valence-electron chi connectivity index (χ1n) is 12.1. The molecule has 0 saturated carbocycles. The van der Waals surface area contributed by atoms with Crippen LogP contribution in [-0.2, 0) is 9.53 Å². The molecular formula is C27H20N4O8S2. The Balaban J connectivity index is 1.49. The van der Waals surface area contributed by atoms with Gasteiger partial charge in [0.1, 0.15) is 11.8 Å². The molecule has 1 atom stereocenters. The Hall–Kier alpha value is -4.95. The topological polar surface area (TPSA) is 156 Å². The highest BCUT2D eigenvalue weighted by Crippen LogP contribution is 2.35. The Kier molecular flexibility index (Phi) is 7.59. The number of carbonyl (C=O) groups excluding carboxylic acids is 1. The predicted octanol–water partition coefficient (Wildman–Crippen LogP) is 4.47. The first-order valence-corrected chi connectivity index (χ1v) is 13.8. The van der Waals surface area contributed by atoms with Crippen LogP contribution in [0.3, 0.4) is 0 Å². The lowest BCUT2D eigenvalue weighted by molar-refractivity contribution is -0.394. The van der Waals surface area contributed by atoms with Crippen molar-refractivity contribution in [3.63, 3.8) is 0 Å². The highest BCUT2D eigenvalue weighted by molar-refractivity contribution is 7.10. The van der Waals surface area contributed by atoms with E-state index in [0.29, 0.717) is 26.2 Å². The van der Waals surface area contributed by atoms with Crippen molar-refractivity contribution in [2.24, 2.45) is 4.99 Å². The number of esters is 1. The van der Waals surface area contributed by atoms with Crippen molar-refractivity contribution < 1.29 is 24.1 Å². The van der Waals surface area contributed by atoms with Gasteiger partial charge in [-0.15, -0.1) is 11.3 Å². The molecule has 0 N–H and O–H groups in total. The summed E-state index contributed by atoms with van der Waals surface area (Å²) in [5.74, 6) is -0.416. The Morgan fingerprint density at radius 2 is 1.88 bits per heavy atom. The minimum absolute atomic E-state index is 0.150. The summed E-state index contributed by atoms with van der Waals surface area (Å²) in [6.45, 7) is 3.62. The van der Waals surface area contributed by atoms with E-state index in [1.807, 2.05) is 17.5 Å². The number of rotatable bonds is 8. The standard InChI is InChI=1S/C27H20N4O8S2/c1-3-38-26(33)23-15(2)28-27-29(24(23)21-5-4-12-40-21)25(32)22(41-27)13-16-6-9-18(10-7-16)39-20-11-8-17(30(34)35)14-19(20)31(36)37/h4-14,24H,3H2,1-2H3/b22-13-/t24-/m1/s1. The number of hydrogen-bond acceptors (Lipinski definition) is 11. The number of allylic oxidation sites excluding steroid dienone is 1. The van der Waals surface area contributed by atoms with Gasteiger partial charge >= 0.3 is 11.7 Å². The number of hydrogen-bond donors (Lipinski definition) is 0. The minimum atomic E-state index is -0.755. The van der Waals surface area contributed by atoms with Crippen molar-refractivity contribution in [2.45, 2.75) is 19.9 Å². The van der Waals surface area contributed by atoms with Gasteiger partial charge in [-0.05, 0) is 55.1 Å². The van der Waals surface area contributed by atoms with E-state index in [2.05, 4.69) is 4.99 Å². The molecule has 0 bridgehead atoms. The Bertz CT molecular complexity index is 1890. The molecule has 14 heteroatoms. The molecule has 4 aromatic rings. The molecule has 208 valence electrons. The lowest BCUT2D eigenvalue weighted by Gasteiger charge is -2.23.